The molecule has 1 aliphatic rings. The maximum Gasteiger partial charge on any atom is 0.247 e. The zero-order valence-corrected chi connectivity index (χ0v) is 14.2. The quantitative estimate of drug-likeness (QED) is 0.910. The number of hydrogen-bond acceptors (Lipinski definition) is 2. The fraction of sp³-hybridized carbons (Fsp3) is 0.300. The summed E-state index contributed by atoms with van der Waals surface area (Å²) in [5.74, 6) is -0.683. The van der Waals surface area contributed by atoms with Gasteiger partial charge in [0, 0.05) is 18.7 Å². The van der Waals surface area contributed by atoms with Crippen molar-refractivity contribution in [2.45, 2.75) is 32.4 Å². The molecule has 5 heteroatoms. The summed E-state index contributed by atoms with van der Waals surface area (Å²) in [5.41, 5.74) is 2.15. The molecule has 0 radical (unpaired) electrons. The van der Waals surface area contributed by atoms with Crippen LogP contribution in [0.3, 0.4) is 0 Å². The van der Waals surface area contributed by atoms with Crippen molar-refractivity contribution >= 4 is 11.8 Å². The molecule has 25 heavy (non-hydrogen) atoms. The van der Waals surface area contributed by atoms with E-state index < -0.39 is 6.04 Å². The van der Waals surface area contributed by atoms with Crippen molar-refractivity contribution in [3.63, 3.8) is 0 Å². The van der Waals surface area contributed by atoms with Gasteiger partial charge in [0.15, 0.2) is 0 Å². The molecule has 1 aliphatic heterocycles. The van der Waals surface area contributed by atoms with Gasteiger partial charge in [-0.15, -0.1) is 0 Å². The van der Waals surface area contributed by atoms with Crippen molar-refractivity contribution in [3.8, 4) is 0 Å². The number of nitrogens with one attached hydrogen (secondary N) is 1. The molecule has 0 saturated heterocycles. The van der Waals surface area contributed by atoms with E-state index in [1.54, 1.807) is 23.1 Å². The molecule has 0 saturated carbocycles. The molecule has 2 aromatic rings. The van der Waals surface area contributed by atoms with E-state index in [4.69, 9.17) is 0 Å². The van der Waals surface area contributed by atoms with Crippen molar-refractivity contribution < 1.29 is 14.0 Å². The number of carbonyl (C=O) groups is 2. The lowest BCUT2D eigenvalue weighted by Gasteiger charge is -2.36. The van der Waals surface area contributed by atoms with E-state index in [1.165, 1.54) is 6.07 Å². The Morgan fingerprint density at radius 3 is 2.68 bits per heavy atom. The summed E-state index contributed by atoms with van der Waals surface area (Å²) in [6.07, 6.45) is 1.08. The van der Waals surface area contributed by atoms with Crippen LogP contribution < -0.4 is 5.32 Å². The highest BCUT2D eigenvalue weighted by atomic mass is 19.1. The summed E-state index contributed by atoms with van der Waals surface area (Å²) in [6, 6.07) is 13.2. The average Bonchev–Trinajstić information content (AvgIpc) is 2.61. The third-order valence-corrected chi connectivity index (χ3v) is 4.45. The van der Waals surface area contributed by atoms with Gasteiger partial charge < -0.3 is 10.2 Å². The maximum absolute atomic E-state index is 13.8. The highest BCUT2D eigenvalue weighted by Crippen LogP contribution is 2.30. The molecule has 130 valence electrons. The summed E-state index contributed by atoms with van der Waals surface area (Å²) in [7, 11) is 0. The second-order valence-electron chi connectivity index (χ2n) is 6.17. The van der Waals surface area contributed by atoms with Gasteiger partial charge in [-0.05, 0) is 23.6 Å². The smallest absolute Gasteiger partial charge is 0.247 e. The third-order valence-electron chi connectivity index (χ3n) is 4.45. The number of amides is 2. The minimum atomic E-state index is -0.663. The summed E-state index contributed by atoms with van der Waals surface area (Å²) < 4.78 is 13.8. The third kappa shape index (κ3) is 3.55. The molecule has 1 N–H and O–H groups in total. The fourth-order valence-electron chi connectivity index (χ4n) is 3.24. The lowest BCUT2D eigenvalue weighted by Crippen LogP contribution is -2.47. The first-order valence-corrected chi connectivity index (χ1v) is 8.50. The number of hydrogen-bond donors (Lipinski definition) is 1. The number of nitrogens with zero attached hydrogens (tertiary/aromatic N) is 1. The van der Waals surface area contributed by atoms with Gasteiger partial charge in [-0.1, -0.05) is 49.4 Å². The van der Waals surface area contributed by atoms with E-state index >= 15 is 0 Å². The summed E-state index contributed by atoms with van der Waals surface area (Å²) in [6.45, 7) is 2.59. The Hall–Kier alpha value is -2.69. The van der Waals surface area contributed by atoms with Crippen molar-refractivity contribution in [1.82, 2.24) is 10.2 Å². The minimum Gasteiger partial charge on any atom is -0.350 e. The molecule has 0 fully saturated rings. The maximum atomic E-state index is 13.8. The molecule has 0 unspecified atom stereocenters. The molecular formula is C20H21FN2O2. The lowest BCUT2D eigenvalue weighted by molar-refractivity contribution is -0.141. The van der Waals surface area contributed by atoms with Gasteiger partial charge in [-0.2, -0.15) is 0 Å². The Labute approximate surface area is 146 Å². The van der Waals surface area contributed by atoms with Gasteiger partial charge in [0.1, 0.15) is 11.9 Å². The molecule has 3 rings (SSSR count). The van der Waals surface area contributed by atoms with Crippen molar-refractivity contribution in [3.05, 3.63) is 71.0 Å². The Bertz CT molecular complexity index is 791. The van der Waals surface area contributed by atoms with Gasteiger partial charge in [-0.3, -0.25) is 9.59 Å². The Kier molecular flexibility index (Phi) is 5.12. The predicted molar refractivity (Wildman–Crippen MR) is 93.1 cm³/mol. The number of halogens is 1. The van der Waals surface area contributed by atoms with Crippen LogP contribution in [0.1, 0.15) is 36.1 Å². The topological polar surface area (TPSA) is 49.4 Å². The first-order valence-electron chi connectivity index (χ1n) is 8.50. The van der Waals surface area contributed by atoms with Crippen LogP contribution >= 0.6 is 0 Å². The zero-order valence-electron chi connectivity index (χ0n) is 14.2. The van der Waals surface area contributed by atoms with Gasteiger partial charge in [0.05, 0.1) is 6.42 Å². The number of carbonyl (C=O) groups excluding carboxylic acids is 2. The molecule has 2 amide bonds. The molecule has 0 aromatic heterocycles. The van der Waals surface area contributed by atoms with E-state index in [0.717, 1.165) is 17.5 Å². The molecule has 4 nitrogen and oxygen atoms in total. The highest BCUT2D eigenvalue weighted by molar-refractivity contribution is 5.92. The second kappa shape index (κ2) is 7.47. The molecule has 0 bridgehead atoms. The molecule has 2 aromatic carbocycles. The van der Waals surface area contributed by atoms with Gasteiger partial charge in [0.2, 0.25) is 11.8 Å². The first-order chi connectivity index (χ1) is 12.1. The van der Waals surface area contributed by atoms with Crippen molar-refractivity contribution in [2.75, 3.05) is 6.54 Å². The number of fused-ring (bicyclic) bond motifs is 1. The first kappa shape index (κ1) is 17.1. The van der Waals surface area contributed by atoms with E-state index in [0.29, 0.717) is 18.5 Å². The van der Waals surface area contributed by atoms with Crippen LogP contribution in [0.25, 0.3) is 0 Å². The van der Waals surface area contributed by atoms with Crippen LogP contribution in [0.15, 0.2) is 48.5 Å². The summed E-state index contributed by atoms with van der Waals surface area (Å²) >= 11 is 0. The molecular weight excluding hydrogens is 319 g/mol. The van der Waals surface area contributed by atoms with E-state index in [2.05, 4.69) is 5.32 Å². The largest absolute Gasteiger partial charge is 0.350 e. The van der Waals surface area contributed by atoms with Gasteiger partial charge in [0.25, 0.3) is 0 Å². The van der Waals surface area contributed by atoms with Crippen LogP contribution in [0, 0.1) is 5.82 Å². The minimum absolute atomic E-state index is 0.0495. The van der Waals surface area contributed by atoms with Crippen molar-refractivity contribution in [2.24, 2.45) is 0 Å². The van der Waals surface area contributed by atoms with Crippen LogP contribution in [0.4, 0.5) is 4.39 Å². The van der Waals surface area contributed by atoms with Crippen LogP contribution in [-0.2, 0) is 22.6 Å². The van der Waals surface area contributed by atoms with Crippen LogP contribution in [-0.4, -0.2) is 23.3 Å². The normalized spacial score (nSPS) is 16.5. The average molecular weight is 340 g/mol. The standard InChI is InChI=1S/C20H21FN2O2/c1-2-11-23-18(24)12-14-7-3-5-9-16(14)19(23)20(25)22-13-15-8-4-6-10-17(15)21/h3-10,19H,2,11-13H2,1H3,(H,22,25)/t19-/m1/s1. The summed E-state index contributed by atoms with van der Waals surface area (Å²) in [5, 5.41) is 2.79. The monoisotopic (exact) mass is 340 g/mol. The van der Waals surface area contributed by atoms with Crippen LogP contribution in [0.2, 0.25) is 0 Å². The molecule has 0 spiro atoms. The highest BCUT2D eigenvalue weighted by Gasteiger charge is 2.36. The Morgan fingerprint density at radius 1 is 1.20 bits per heavy atom. The fourth-order valence-corrected chi connectivity index (χ4v) is 3.24. The Balaban J connectivity index is 1.85. The lowest BCUT2D eigenvalue weighted by atomic mass is 9.91. The van der Waals surface area contributed by atoms with Crippen LogP contribution in [0.5, 0.6) is 0 Å². The predicted octanol–water partition coefficient (Wildman–Crippen LogP) is 2.98. The number of benzene rings is 2. The zero-order chi connectivity index (χ0) is 17.8. The van der Waals surface area contributed by atoms with E-state index in [-0.39, 0.29) is 24.2 Å². The summed E-state index contributed by atoms with van der Waals surface area (Å²) in [4.78, 5) is 26.9. The molecule has 0 aliphatic carbocycles. The molecule has 1 heterocycles. The van der Waals surface area contributed by atoms with Gasteiger partial charge in [-0.25, -0.2) is 4.39 Å². The van der Waals surface area contributed by atoms with E-state index in [9.17, 15) is 14.0 Å². The van der Waals surface area contributed by atoms with E-state index in [1.807, 2.05) is 31.2 Å². The second-order valence-corrected chi connectivity index (χ2v) is 6.17. The Morgan fingerprint density at radius 2 is 1.92 bits per heavy atom. The molecule has 1 atom stereocenters. The van der Waals surface area contributed by atoms with Crippen molar-refractivity contribution in [1.29, 1.82) is 0 Å². The van der Waals surface area contributed by atoms with Gasteiger partial charge >= 0.3 is 0 Å². The number of rotatable bonds is 5. The SMILES string of the molecule is CCCN1C(=O)Cc2ccccc2[C@@H]1C(=O)NCc1ccccc1F.